The Morgan fingerprint density at radius 3 is 2.75 bits per heavy atom. The lowest BCUT2D eigenvalue weighted by atomic mass is 9.93. The molecule has 1 saturated heterocycles. The Balaban J connectivity index is 1.46. The zero-order valence-corrected chi connectivity index (χ0v) is 17.2. The van der Waals surface area contributed by atoms with Crippen molar-refractivity contribution >= 4 is 0 Å². The normalized spacial score (nSPS) is 18.1. The average molecular weight is 380 g/mol. The summed E-state index contributed by atoms with van der Waals surface area (Å²) in [5, 5.41) is 4.05. The molecule has 4 rings (SSSR count). The Bertz CT molecular complexity index is 905. The van der Waals surface area contributed by atoms with Gasteiger partial charge in [-0.3, -0.25) is 9.88 Å². The Morgan fingerprint density at radius 1 is 1.21 bits per heavy atom. The number of nitrogens with zero attached hydrogens (tertiary/aromatic N) is 5. The predicted octanol–water partition coefficient (Wildman–Crippen LogP) is 4.51. The number of piperidine rings is 1. The molecule has 0 spiro atoms. The van der Waals surface area contributed by atoms with Gasteiger partial charge in [0.2, 0.25) is 0 Å². The second-order valence-electron chi connectivity index (χ2n) is 8.09. The summed E-state index contributed by atoms with van der Waals surface area (Å²) >= 11 is 0. The monoisotopic (exact) mass is 379 g/mol. The maximum Gasteiger partial charge on any atom is 0.141 e. The van der Waals surface area contributed by atoms with Crippen LogP contribution in [0.15, 0.2) is 35.2 Å². The van der Waals surface area contributed by atoms with Crippen molar-refractivity contribution in [3.05, 3.63) is 53.7 Å². The van der Waals surface area contributed by atoms with Gasteiger partial charge in [0, 0.05) is 53.9 Å². The van der Waals surface area contributed by atoms with Crippen LogP contribution < -0.4 is 0 Å². The van der Waals surface area contributed by atoms with Crippen molar-refractivity contribution < 1.29 is 4.52 Å². The fourth-order valence-electron chi connectivity index (χ4n) is 4.27. The molecule has 1 unspecified atom stereocenters. The standard InChI is InChI=1S/C22H29N5O/c1-15(2)27-11-9-23-21(27)14-26-10-5-6-19(13-26)20-8-7-18(12-24-20)22-16(3)25-28-17(22)4/h7-9,11-12,15,19H,5-6,10,13-14H2,1-4H3. The molecule has 0 aromatic carbocycles. The van der Waals surface area contributed by atoms with Gasteiger partial charge in [0.1, 0.15) is 11.6 Å². The molecular formula is C22H29N5O. The molecule has 0 N–H and O–H groups in total. The Kier molecular flexibility index (Phi) is 5.31. The van der Waals surface area contributed by atoms with Crippen LogP contribution in [0.3, 0.4) is 0 Å². The molecule has 1 atom stereocenters. The average Bonchev–Trinajstić information content (AvgIpc) is 3.28. The van der Waals surface area contributed by atoms with Gasteiger partial charge in [-0.1, -0.05) is 11.2 Å². The van der Waals surface area contributed by atoms with Crippen LogP contribution >= 0.6 is 0 Å². The highest BCUT2D eigenvalue weighted by molar-refractivity contribution is 5.66. The number of imidazole rings is 1. The highest BCUT2D eigenvalue weighted by atomic mass is 16.5. The molecular weight excluding hydrogens is 350 g/mol. The van der Waals surface area contributed by atoms with Gasteiger partial charge in [-0.2, -0.15) is 0 Å². The van der Waals surface area contributed by atoms with E-state index in [2.05, 4.69) is 51.8 Å². The molecule has 4 heterocycles. The summed E-state index contributed by atoms with van der Waals surface area (Å²) in [6, 6.07) is 4.76. The summed E-state index contributed by atoms with van der Waals surface area (Å²) < 4.78 is 7.56. The molecule has 148 valence electrons. The highest BCUT2D eigenvalue weighted by Crippen LogP contribution is 2.30. The first-order valence-corrected chi connectivity index (χ1v) is 10.2. The molecule has 0 amide bonds. The molecule has 3 aromatic heterocycles. The molecule has 6 nitrogen and oxygen atoms in total. The van der Waals surface area contributed by atoms with Crippen LogP contribution in [-0.4, -0.2) is 37.7 Å². The van der Waals surface area contributed by atoms with E-state index in [0.717, 1.165) is 48.0 Å². The van der Waals surface area contributed by atoms with Gasteiger partial charge >= 0.3 is 0 Å². The zero-order valence-electron chi connectivity index (χ0n) is 17.2. The number of pyridine rings is 1. The predicted molar refractivity (Wildman–Crippen MR) is 109 cm³/mol. The smallest absolute Gasteiger partial charge is 0.141 e. The van der Waals surface area contributed by atoms with Gasteiger partial charge in [-0.25, -0.2) is 4.98 Å². The first-order chi connectivity index (χ1) is 13.5. The summed E-state index contributed by atoms with van der Waals surface area (Å²) in [6.45, 7) is 11.4. The topological polar surface area (TPSA) is 60.0 Å². The van der Waals surface area contributed by atoms with Gasteiger partial charge in [0.15, 0.2) is 0 Å². The van der Waals surface area contributed by atoms with Crippen molar-refractivity contribution in [1.82, 2.24) is 24.6 Å². The molecule has 0 aliphatic carbocycles. The summed E-state index contributed by atoms with van der Waals surface area (Å²) in [7, 11) is 0. The Hall–Kier alpha value is -2.47. The first kappa shape index (κ1) is 18.9. The lowest BCUT2D eigenvalue weighted by molar-refractivity contribution is 0.191. The van der Waals surface area contributed by atoms with E-state index in [1.54, 1.807) is 0 Å². The minimum absolute atomic E-state index is 0.441. The highest BCUT2D eigenvalue weighted by Gasteiger charge is 2.24. The third-order valence-electron chi connectivity index (χ3n) is 5.70. The van der Waals surface area contributed by atoms with Gasteiger partial charge in [0.05, 0.1) is 12.2 Å². The van der Waals surface area contributed by atoms with E-state index in [1.807, 2.05) is 26.2 Å². The van der Waals surface area contributed by atoms with Crippen molar-refractivity contribution in [3.8, 4) is 11.1 Å². The van der Waals surface area contributed by atoms with E-state index in [1.165, 1.54) is 18.5 Å². The summed E-state index contributed by atoms with van der Waals surface area (Å²) in [6.07, 6.45) is 8.33. The van der Waals surface area contributed by atoms with Crippen molar-refractivity contribution in [2.45, 2.75) is 59.0 Å². The largest absolute Gasteiger partial charge is 0.361 e. The lowest BCUT2D eigenvalue weighted by Crippen LogP contribution is -2.35. The third-order valence-corrected chi connectivity index (χ3v) is 5.70. The van der Waals surface area contributed by atoms with Crippen molar-refractivity contribution in [2.75, 3.05) is 13.1 Å². The number of hydrogen-bond donors (Lipinski definition) is 0. The summed E-state index contributed by atoms with van der Waals surface area (Å²) in [4.78, 5) is 11.9. The fraction of sp³-hybridized carbons (Fsp3) is 0.500. The van der Waals surface area contributed by atoms with E-state index in [0.29, 0.717) is 12.0 Å². The minimum Gasteiger partial charge on any atom is -0.361 e. The number of likely N-dealkylation sites (tertiary alicyclic amines) is 1. The second-order valence-corrected chi connectivity index (χ2v) is 8.09. The number of hydrogen-bond acceptors (Lipinski definition) is 5. The summed E-state index contributed by atoms with van der Waals surface area (Å²) in [5.74, 6) is 2.46. The molecule has 6 heteroatoms. The molecule has 0 radical (unpaired) electrons. The van der Waals surface area contributed by atoms with Crippen LogP contribution in [0, 0.1) is 13.8 Å². The molecule has 28 heavy (non-hydrogen) atoms. The van der Waals surface area contributed by atoms with E-state index in [4.69, 9.17) is 9.51 Å². The lowest BCUT2D eigenvalue weighted by Gasteiger charge is -2.32. The molecule has 0 bridgehead atoms. The zero-order chi connectivity index (χ0) is 19.7. The number of aromatic nitrogens is 4. The molecule has 1 aliphatic rings. The number of aryl methyl sites for hydroxylation is 2. The van der Waals surface area contributed by atoms with Gasteiger partial charge in [-0.15, -0.1) is 0 Å². The van der Waals surface area contributed by atoms with E-state index < -0.39 is 0 Å². The van der Waals surface area contributed by atoms with Crippen LogP contribution in [0.5, 0.6) is 0 Å². The van der Waals surface area contributed by atoms with Crippen LogP contribution in [0.25, 0.3) is 11.1 Å². The minimum atomic E-state index is 0.441. The fourth-order valence-corrected chi connectivity index (χ4v) is 4.27. The van der Waals surface area contributed by atoms with E-state index in [9.17, 15) is 0 Å². The maximum absolute atomic E-state index is 5.29. The Labute approximate surface area is 166 Å². The maximum atomic E-state index is 5.29. The Morgan fingerprint density at radius 2 is 2.07 bits per heavy atom. The van der Waals surface area contributed by atoms with Gasteiger partial charge < -0.3 is 9.09 Å². The SMILES string of the molecule is Cc1noc(C)c1-c1ccc(C2CCCN(Cc3nccn3C(C)C)C2)nc1. The van der Waals surface area contributed by atoms with Crippen molar-refractivity contribution in [2.24, 2.45) is 0 Å². The quantitative estimate of drug-likeness (QED) is 0.653. The molecule has 1 aliphatic heterocycles. The molecule has 0 saturated carbocycles. The van der Waals surface area contributed by atoms with Gasteiger partial charge in [0.25, 0.3) is 0 Å². The third kappa shape index (κ3) is 3.74. The van der Waals surface area contributed by atoms with Crippen molar-refractivity contribution in [1.29, 1.82) is 0 Å². The van der Waals surface area contributed by atoms with Crippen LogP contribution in [0.4, 0.5) is 0 Å². The van der Waals surface area contributed by atoms with Crippen LogP contribution in [0.2, 0.25) is 0 Å². The molecule has 3 aromatic rings. The first-order valence-electron chi connectivity index (χ1n) is 10.2. The van der Waals surface area contributed by atoms with Gasteiger partial charge in [-0.05, 0) is 53.1 Å². The van der Waals surface area contributed by atoms with E-state index >= 15 is 0 Å². The van der Waals surface area contributed by atoms with Crippen LogP contribution in [-0.2, 0) is 6.54 Å². The molecule has 1 fully saturated rings. The van der Waals surface area contributed by atoms with E-state index in [-0.39, 0.29) is 0 Å². The van der Waals surface area contributed by atoms with Crippen LogP contribution in [0.1, 0.15) is 61.6 Å². The van der Waals surface area contributed by atoms with Crippen molar-refractivity contribution in [3.63, 3.8) is 0 Å². The number of rotatable bonds is 5. The summed E-state index contributed by atoms with van der Waals surface area (Å²) in [5.41, 5.74) is 4.22. The second kappa shape index (κ2) is 7.87.